The van der Waals surface area contributed by atoms with Crippen molar-refractivity contribution < 1.29 is 14.3 Å². The Kier molecular flexibility index (Phi) is 8.64. The van der Waals surface area contributed by atoms with Crippen molar-refractivity contribution in [3.8, 4) is 0 Å². The molecule has 4 heteroatoms. The van der Waals surface area contributed by atoms with Crippen molar-refractivity contribution in [2.45, 2.75) is 0 Å². The molecule has 0 aromatic carbocycles. The van der Waals surface area contributed by atoms with Gasteiger partial charge in [-0.15, -0.1) is 0 Å². The SMILES string of the molecule is C=NCCOCCOCC=O. The molecule has 0 aliphatic rings. The molecule has 0 radical (unpaired) electrons. The minimum absolute atomic E-state index is 0.142. The van der Waals surface area contributed by atoms with Crippen molar-refractivity contribution in [2.75, 3.05) is 33.0 Å². The molecule has 0 rings (SSSR count). The third kappa shape index (κ3) is 9.26. The van der Waals surface area contributed by atoms with E-state index in [9.17, 15) is 4.79 Å². The summed E-state index contributed by atoms with van der Waals surface area (Å²) in [4.78, 5) is 13.3. The van der Waals surface area contributed by atoms with E-state index in [2.05, 4.69) is 11.7 Å². The van der Waals surface area contributed by atoms with Gasteiger partial charge >= 0.3 is 0 Å². The average molecular weight is 159 g/mol. The molecule has 0 aliphatic carbocycles. The topological polar surface area (TPSA) is 47.9 Å². The van der Waals surface area contributed by atoms with E-state index in [4.69, 9.17) is 9.47 Å². The molecule has 64 valence electrons. The second kappa shape index (κ2) is 9.26. The Bertz CT molecular complexity index is 93.9. The molecule has 0 saturated heterocycles. The van der Waals surface area contributed by atoms with Crippen LogP contribution in [0.4, 0.5) is 0 Å². The van der Waals surface area contributed by atoms with Crippen LogP contribution in [0.3, 0.4) is 0 Å². The van der Waals surface area contributed by atoms with E-state index >= 15 is 0 Å². The number of carbonyl (C=O) groups excluding carboxylic acids is 1. The largest absolute Gasteiger partial charge is 0.377 e. The summed E-state index contributed by atoms with van der Waals surface area (Å²) in [5, 5.41) is 0. The van der Waals surface area contributed by atoms with Gasteiger partial charge < -0.3 is 14.3 Å². The van der Waals surface area contributed by atoms with Crippen molar-refractivity contribution in [2.24, 2.45) is 4.99 Å². The smallest absolute Gasteiger partial charge is 0.145 e. The maximum absolute atomic E-state index is 9.75. The molecule has 0 bridgehead atoms. The molecule has 4 nitrogen and oxygen atoms in total. The highest BCUT2D eigenvalue weighted by molar-refractivity contribution is 5.50. The van der Waals surface area contributed by atoms with Gasteiger partial charge in [-0.3, -0.25) is 4.99 Å². The van der Waals surface area contributed by atoms with Crippen LogP contribution in [0.15, 0.2) is 4.99 Å². The Hall–Kier alpha value is -0.740. The lowest BCUT2D eigenvalue weighted by Gasteiger charge is -2.00. The third-order valence-electron chi connectivity index (χ3n) is 0.952. The first-order valence-corrected chi connectivity index (χ1v) is 3.43. The summed E-state index contributed by atoms with van der Waals surface area (Å²) in [6.45, 7) is 5.57. The van der Waals surface area contributed by atoms with Crippen LogP contribution in [0.25, 0.3) is 0 Å². The quantitative estimate of drug-likeness (QED) is 0.283. The Morgan fingerprint density at radius 1 is 1.27 bits per heavy atom. The Labute approximate surface area is 66.2 Å². The van der Waals surface area contributed by atoms with Gasteiger partial charge in [-0.25, -0.2) is 0 Å². The summed E-state index contributed by atoms with van der Waals surface area (Å²) in [6.07, 6.45) is 0.714. The fraction of sp³-hybridized carbons (Fsp3) is 0.714. The van der Waals surface area contributed by atoms with Gasteiger partial charge in [0.25, 0.3) is 0 Å². The molecule has 0 N–H and O–H groups in total. The van der Waals surface area contributed by atoms with Gasteiger partial charge in [0.15, 0.2) is 0 Å². The molecule has 0 unspecified atom stereocenters. The van der Waals surface area contributed by atoms with E-state index in [1.54, 1.807) is 0 Å². The van der Waals surface area contributed by atoms with Gasteiger partial charge in [0.05, 0.1) is 26.4 Å². The van der Waals surface area contributed by atoms with Crippen LogP contribution in [0.5, 0.6) is 0 Å². The average Bonchev–Trinajstić information content (AvgIpc) is 2.03. The molecule has 0 aliphatic heterocycles. The lowest BCUT2D eigenvalue weighted by Crippen LogP contribution is -2.07. The standard InChI is InChI=1S/C7H13NO3/c1-8-2-4-10-6-7-11-5-3-9/h3H,1-2,4-7H2. The number of nitrogens with zero attached hydrogens (tertiary/aromatic N) is 1. The summed E-state index contributed by atoms with van der Waals surface area (Å²) < 4.78 is 9.87. The predicted octanol–water partition coefficient (Wildman–Crippen LogP) is -0.0809. The summed E-state index contributed by atoms with van der Waals surface area (Å²) in [7, 11) is 0. The summed E-state index contributed by atoms with van der Waals surface area (Å²) in [5.74, 6) is 0. The number of hydrogen-bond donors (Lipinski definition) is 0. The molecule has 0 amide bonds. The maximum Gasteiger partial charge on any atom is 0.145 e. The van der Waals surface area contributed by atoms with E-state index in [0.717, 1.165) is 0 Å². The highest BCUT2D eigenvalue weighted by Gasteiger charge is 1.86. The molecule has 0 saturated carbocycles. The Morgan fingerprint density at radius 3 is 2.64 bits per heavy atom. The van der Waals surface area contributed by atoms with Crippen LogP contribution in [-0.2, 0) is 14.3 Å². The van der Waals surface area contributed by atoms with Crippen LogP contribution in [0.1, 0.15) is 0 Å². The molecule has 11 heavy (non-hydrogen) atoms. The van der Waals surface area contributed by atoms with Gasteiger partial charge in [-0.1, -0.05) is 0 Å². The van der Waals surface area contributed by atoms with Gasteiger partial charge in [-0.05, 0) is 6.72 Å². The van der Waals surface area contributed by atoms with Crippen LogP contribution in [0, 0.1) is 0 Å². The van der Waals surface area contributed by atoms with Crippen molar-refractivity contribution in [1.82, 2.24) is 0 Å². The van der Waals surface area contributed by atoms with Gasteiger partial charge in [0.1, 0.15) is 12.9 Å². The summed E-state index contributed by atoms with van der Waals surface area (Å²) >= 11 is 0. The first kappa shape index (κ1) is 10.3. The first-order chi connectivity index (χ1) is 5.41. The molecular weight excluding hydrogens is 146 g/mol. The molecule has 0 aromatic heterocycles. The minimum Gasteiger partial charge on any atom is -0.377 e. The van der Waals surface area contributed by atoms with Gasteiger partial charge in [-0.2, -0.15) is 0 Å². The van der Waals surface area contributed by atoms with Crippen molar-refractivity contribution in [3.05, 3.63) is 0 Å². The van der Waals surface area contributed by atoms with Crippen LogP contribution >= 0.6 is 0 Å². The van der Waals surface area contributed by atoms with E-state index in [1.165, 1.54) is 0 Å². The highest BCUT2D eigenvalue weighted by Crippen LogP contribution is 1.77. The minimum atomic E-state index is 0.142. The number of aliphatic imine (C=N–C) groups is 1. The Morgan fingerprint density at radius 2 is 2.00 bits per heavy atom. The van der Waals surface area contributed by atoms with Crippen LogP contribution < -0.4 is 0 Å². The number of aldehydes is 1. The van der Waals surface area contributed by atoms with Crippen molar-refractivity contribution in [3.63, 3.8) is 0 Å². The molecule has 0 fully saturated rings. The zero-order valence-electron chi connectivity index (χ0n) is 6.49. The first-order valence-electron chi connectivity index (χ1n) is 3.43. The van der Waals surface area contributed by atoms with E-state index in [-0.39, 0.29) is 6.61 Å². The highest BCUT2D eigenvalue weighted by atomic mass is 16.5. The molecule has 0 atom stereocenters. The number of carbonyl (C=O) groups is 1. The normalized spacial score (nSPS) is 9.45. The van der Waals surface area contributed by atoms with Gasteiger partial charge in [0, 0.05) is 0 Å². The van der Waals surface area contributed by atoms with Gasteiger partial charge in [0.2, 0.25) is 0 Å². The maximum atomic E-state index is 9.75. The second-order valence-electron chi connectivity index (χ2n) is 1.80. The van der Waals surface area contributed by atoms with E-state index in [0.29, 0.717) is 32.7 Å². The lowest BCUT2D eigenvalue weighted by atomic mass is 10.7. The summed E-state index contributed by atoms with van der Waals surface area (Å²) in [5.41, 5.74) is 0. The molecular formula is C7H13NO3. The van der Waals surface area contributed by atoms with Crippen LogP contribution in [-0.4, -0.2) is 46.0 Å². The second-order valence-corrected chi connectivity index (χ2v) is 1.80. The number of rotatable bonds is 8. The number of ether oxygens (including phenoxy) is 2. The van der Waals surface area contributed by atoms with Crippen molar-refractivity contribution in [1.29, 1.82) is 0 Å². The lowest BCUT2D eigenvalue weighted by molar-refractivity contribution is -0.112. The van der Waals surface area contributed by atoms with E-state index in [1.807, 2.05) is 0 Å². The summed E-state index contributed by atoms with van der Waals surface area (Å²) in [6, 6.07) is 0. The monoisotopic (exact) mass is 159 g/mol. The number of hydrogen-bond acceptors (Lipinski definition) is 4. The predicted molar refractivity (Wildman–Crippen MR) is 42.1 cm³/mol. The fourth-order valence-electron chi connectivity index (χ4n) is 0.480. The fourth-order valence-corrected chi connectivity index (χ4v) is 0.480. The van der Waals surface area contributed by atoms with E-state index < -0.39 is 0 Å². The Balaban J connectivity index is 2.79. The third-order valence-corrected chi connectivity index (χ3v) is 0.952. The zero-order valence-corrected chi connectivity index (χ0v) is 6.49. The zero-order chi connectivity index (χ0) is 8.36. The molecule has 0 heterocycles. The van der Waals surface area contributed by atoms with Crippen molar-refractivity contribution >= 4 is 13.0 Å². The molecule has 0 spiro atoms. The van der Waals surface area contributed by atoms with Crippen LogP contribution in [0.2, 0.25) is 0 Å². The molecule has 0 aromatic rings.